The summed E-state index contributed by atoms with van der Waals surface area (Å²) in [5.74, 6) is 0.794. The average molecular weight is 461 g/mol. The van der Waals surface area contributed by atoms with Gasteiger partial charge in [0.1, 0.15) is 6.61 Å². The van der Waals surface area contributed by atoms with Crippen LogP contribution in [0.15, 0.2) is 60.0 Å². The zero-order chi connectivity index (χ0) is 23.0. The minimum Gasteiger partial charge on any atom is -0.493 e. The van der Waals surface area contributed by atoms with Gasteiger partial charge in [-0.25, -0.2) is 13.1 Å². The van der Waals surface area contributed by atoms with E-state index >= 15 is 0 Å². The first-order valence-electron chi connectivity index (χ1n) is 10.3. The highest BCUT2D eigenvalue weighted by atomic mass is 32.2. The van der Waals surface area contributed by atoms with Crippen molar-refractivity contribution in [3.63, 3.8) is 0 Å². The van der Waals surface area contributed by atoms with Crippen LogP contribution in [0.25, 0.3) is 0 Å². The van der Waals surface area contributed by atoms with E-state index in [-0.39, 0.29) is 35.6 Å². The second-order valence-corrected chi connectivity index (χ2v) is 9.05. The maximum atomic E-state index is 12.6. The molecule has 1 unspecified atom stereocenters. The Balaban J connectivity index is 1.61. The number of sulfonamides is 1. The Hall–Kier alpha value is -2.88. The van der Waals surface area contributed by atoms with Crippen LogP contribution in [0.2, 0.25) is 0 Å². The minimum absolute atomic E-state index is 0.0152. The van der Waals surface area contributed by atoms with Crippen molar-refractivity contribution in [2.24, 2.45) is 0 Å². The summed E-state index contributed by atoms with van der Waals surface area (Å²) in [7, 11) is -2.15. The molecule has 2 aromatic rings. The van der Waals surface area contributed by atoms with E-state index in [2.05, 4.69) is 16.6 Å². The Morgan fingerprint density at radius 1 is 1.25 bits per heavy atom. The molecule has 32 heavy (non-hydrogen) atoms. The van der Waals surface area contributed by atoms with Gasteiger partial charge in [-0.2, -0.15) is 0 Å². The van der Waals surface area contributed by atoms with E-state index in [0.29, 0.717) is 18.1 Å². The molecular formula is C23H28N2O6S. The lowest BCUT2D eigenvalue weighted by Crippen LogP contribution is -2.25. The van der Waals surface area contributed by atoms with Gasteiger partial charge < -0.3 is 19.5 Å². The zero-order valence-electron chi connectivity index (χ0n) is 18.0. The minimum atomic E-state index is -3.71. The third-order valence-corrected chi connectivity index (χ3v) is 6.38. The van der Waals surface area contributed by atoms with E-state index in [9.17, 15) is 13.2 Å². The van der Waals surface area contributed by atoms with Crippen LogP contribution in [-0.4, -0.2) is 47.3 Å². The van der Waals surface area contributed by atoms with Gasteiger partial charge in [0.25, 0.3) is 5.91 Å². The highest BCUT2D eigenvalue weighted by molar-refractivity contribution is 7.89. The number of carbonyl (C=O) groups is 1. The topological polar surface area (TPSA) is 103 Å². The van der Waals surface area contributed by atoms with E-state index in [1.165, 1.54) is 24.3 Å². The van der Waals surface area contributed by atoms with Crippen molar-refractivity contribution in [2.75, 3.05) is 26.9 Å². The van der Waals surface area contributed by atoms with Crippen LogP contribution in [0.5, 0.6) is 11.5 Å². The van der Waals surface area contributed by atoms with Crippen LogP contribution in [-0.2, 0) is 21.3 Å². The fourth-order valence-electron chi connectivity index (χ4n) is 3.24. The van der Waals surface area contributed by atoms with Gasteiger partial charge in [-0.15, -0.1) is 6.58 Å². The Morgan fingerprint density at radius 2 is 2.09 bits per heavy atom. The number of hydrogen-bond acceptors (Lipinski definition) is 6. The van der Waals surface area contributed by atoms with Crippen molar-refractivity contribution < 1.29 is 27.4 Å². The predicted octanol–water partition coefficient (Wildman–Crippen LogP) is 2.65. The van der Waals surface area contributed by atoms with Crippen LogP contribution in [0.4, 0.5) is 0 Å². The molecule has 1 fully saturated rings. The molecule has 0 bridgehead atoms. The molecule has 1 saturated heterocycles. The molecule has 2 aromatic carbocycles. The fraction of sp³-hybridized carbons (Fsp3) is 0.348. The molecule has 0 spiro atoms. The summed E-state index contributed by atoms with van der Waals surface area (Å²) in [6.07, 6.45) is 3.58. The van der Waals surface area contributed by atoms with E-state index < -0.39 is 10.0 Å². The zero-order valence-corrected chi connectivity index (χ0v) is 18.8. The van der Waals surface area contributed by atoms with Crippen molar-refractivity contribution in [3.8, 4) is 11.5 Å². The normalized spacial score (nSPS) is 15.8. The molecule has 0 saturated carbocycles. The Morgan fingerprint density at radius 3 is 2.81 bits per heavy atom. The summed E-state index contributed by atoms with van der Waals surface area (Å²) in [6, 6.07) is 11.3. The second kappa shape index (κ2) is 11.1. The summed E-state index contributed by atoms with van der Waals surface area (Å²) < 4.78 is 43.7. The third-order valence-electron chi connectivity index (χ3n) is 4.95. The van der Waals surface area contributed by atoms with Crippen LogP contribution in [0.1, 0.15) is 28.8 Å². The number of benzene rings is 2. The largest absolute Gasteiger partial charge is 0.493 e. The molecule has 9 heteroatoms. The van der Waals surface area contributed by atoms with Crippen molar-refractivity contribution in [2.45, 2.75) is 30.4 Å². The van der Waals surface area contributed by atoms with Crippen LogP contribution in [0, 0.1) is 0 Å². The van der Waals surface area contributed by atoms with Crippen molar-refractivity contribution in [1.82, 2.24) is 10.0 Å². The Bertz CT molecular complexity index is 1050. The van der Waals surface area contributed by atoms with Crippen LogP contribution in [0.3, 0.4) is 0 Å². The van der Waals surface area contributed by atoms with E-state index in [4.69, 9.17) is 14.2 Å². The summed E-state index contributed by atoms with van der Waals surface area (Å²) in [5, 5.41) is 2.80. The standard InChI is InChI=1S/C23H28N2O6S/c1-3-11-25-32(27,28)20-8-4-6-18(14-20)23(26)24-15-17-9-10-21(22(13-17)29-2)31-16-19-7-5-12-30-19/h3-4,6,8-10,13-14,19,25H,1,5,7,11-12,15-16H2,2H3,(H,24,26). The van der Waals surface area contributed by atoms with Gasteiger partial charge in [0.05, 0.1) is 18.1 Å². The lowest BCUT2D eigenvalue weighted by atomic mass is 10.1. The highest BCUT2D eigenvalue weighted by Gasteiger charge is 2.18. The predicted molar refractivity (Wildman–Crippen MR) is 120 cm³/mol. The van der Waals surface area contributed by atoms with Gasteiger partial charge in [-0.3, -0.25) is 4.79 Å². The molecule has 1 amide bonds. The molecule has 8 nitrogen and oxygen atoms in total. The monoisotopic (exact) mass is 460 g/mol. The molecule has 0 aliphatic carbocycles. The number of methoxy groups -OCH3 is 1. The summed E-state index contributed by atoms with van der Waals surface area (Å²) >= 11 is 0. The number of rotatable bonds is 11. The summed E-state index contributed by atoms with van der Waals surface area (Å²) in [5.41, 5.74) is 1.06. The molecule has 1 aliphatic heterocycles. The summed E-state index contributed by atoms with van der Waals surface area (Å²) in [6.45, 7) is 5.07. The molecule has 1 heterocycles. The molecule has 0 radical (unpaired) electrons. The first-order chi connectivity index (χ1) is 15.4. The molecular weight excluding hydrogens is 432 g/mol. The second-order valence-electron chi connectivity index (χ2n) is 7.28. The summed E-state index contributed by atoms with van der Waals surface area (Å²) in [4.78, 5) is 12.6. The van der Waals surface area contributed by atoms with Crippen LogP contribution < -0.4 is 19.5 Å². The maximum Gasteiger partial charge on any atom is 0.251 e. The lowest BCUT2D eigenvalue weighted by molar-refractivity contribution is 0.0669. The van der Waals surface area contributed by atoms with Gasteiger partial charge in [-0.05, 0) is 48.7 Å². The molecule has 2 N–H and O–H groups in total. The lowest BCUT2D eigenvalue weighted by Gasteiger charge is -2.15. The quantitative estimate of drug-likeness (QED) is 0.500. The molecule has 172 valence electrons. The van der Waals surface area contributed by atoms with Gasteiger partial charge in [-0.1, -0.05) is 18.2 Å². The average Bonchev–Trinajstić information content (AvgIpc) is 3.34. The van der Waals surface area contributed by atoms with Gasteiger partial charge in [0.15, 0.2) is 11.5 Å². The Kier molecular flexibility index (Phi) is 8.26. The molecule has 1 atom stereocenters. The number of ether oxygens (including phenoxy) is 3. The Labute approximate surface area is 188 Å². The number of nitrogens with one attached hydrogen (secondary N) is 2. The third kappa shape index (κ3) is 6.32. The van der Waals surface area contributed by atoms with Gasteiger partial charge in [0, 0.05) is 25.3 Å². The molecule has 3 rings (SSSR count). The van der Waals surface area contributed by atoms with E-state index in [0.717, 1.165) is 25.0 Å². The van der Waals surface area contributed by atoms with Crippen molar-refractivity contribution in [3.05, 3.63) is 66.2 Å². The van der Waals surface area contributed by atoms with Gasteiger partial charge in [0.2, 0.25) is 10.0 Å². The fourth-order valence-corrected chi connectivity index (χ4v) is 4.28. The van der Waals surface area contributed by atoms with Gasteiger partial charge >= 0.3 is 0 Å². The number of amides is 1. The molecule has 0 aromatic heterocycles. The molecule has 1 aliphatic rings. The first kappa shape index (κ1) is 23.8. The smallest absolute Gasteiger partial charge is 0.251 e. The van der Waals surface area contributed by atoms with Crippen LogP contribution >= 0.6 is 0 Å². The highest BCUT2D eigenvalue weighted by Crippen LogP contribution is 2.29. The van der Waals surface area contributed by atoms with Crippen molar-refractivity contribution >= 4 is 15.9 Å². The SMILES string of the molecule is C=CCNS(=O)(=O)c1cccc(C(=O)NCc2ccc(OCC3CCCO3)c(OC)c2)c1. The maximum absolute atomic E-state index is 12.6. The number of hydrogen-bond donors (Lipinski definition) is 2. The van der Waals surface area contributed by atoms with E-state index in [1.807, 2.05) is 6.07 Å². The number of carbonyl (C=O) groups excluding carboxylic acids is 1. The van der Waals surface area contributed by atoms with E-state index in [1.54, 1.807) is 25.3 Å². The first-order valence-corrected chi connectivity index (χ1v) is 11.8. The van der Waals surface area contributed by atoms with Crippen molar-refractivity contribution in [1.29, 1.82) is 0 Å².